The van der Waals surface area contributed by atoms with Crippen LogP contribution < -0.4 is 5.32 Å². The Hall–Kier alpha value is -1.52. The second-order valence-electron chi connectivity index (χ2n) is 4.44. The van der Waals surface area contributed by atoms with Gasteiger partial charge in [-0.25, -0.2) is 4.39 Å². The zero-order valence-electron chi connectivity index (χ0n) is 11.3. The van der Waals surface area contributed by atoms with Gasteiger partial charge >= 0.3 is 0 Å². The monoisotopic (exact) mass is 323 g/mol. The molecule has 110 valence electrons. The second kappa shape index (κ2) is 8.05. The first kappa shape index (κ1) is 15.9. The van der Waals surface area contributed by atoms with Crippen molar-refractivity contribution >= 4 is 29.3 Å². The van der Waals surface area contributed by atoms with Crippen molar-refractivity contribution < 1.29 is 9.18 Å². The lowest BCUT2D eigenvalue weighted by Crippen LogP contribution is -2.23. The van der Waals surface area contributed by atoms with E-state index in [4.69, 9.17) is 11.6 Å². The van der Waals surface area contributed by atoms with Crippen molar-refractivity contribution in [2.75, 3.05) is 5.75 Å². The third-order valence-corrected chi connectivity index (χ3v) is 4.32. The van der Waals surface area contributed by atoms with Crippen LogP contribution in [0.4, 0.5) is 4.39 Å². The van der Waals surface area contributed by atoms with E-state index >= 15 is 0 Å². The maximum absolute atomic E-state index is 13.0. The van der Waals surface area contributed by atoms with Crippen molar-refractivity contribution in [2.24, 2.45) is 0 Å². The van der Waals surface area contributed by atoms with Crippen LogP contribution in [-0.2, 0) is 11.3 Å². The topological polar surface area (TPSA) is 29.1 Å². The van der Waals surface area contributed by atoms with Gasteiger partial charge in [0.25, 0.3) is 0 Å². The van der Waals surface area contributed by atoms with Crippen molar-refractivity contribution in [1.82, 2.24) is 5.32 Å². The number of carbonyl (C=O) groups is 1. The van der Waals surface area contributed by atoms with E-state index in [2.05, 4.69) is 5.32 Å². The van der Waals surface area contributed by atoms with Crippen LogP contribution in [0.3, 0.4) is 0 Å². The van der Waals surface area contributed by atoms with Crippen molar-refractivity contribution in [3.63, 3.8) is 0 Å². The quantitative estimate of drug-likeness (QED) is 0.804. The predicted octanol–water partition coefficient (Wildman–Crippen LogP) is 4.28. The Kier molecular flexibility index (Phi) is 6.08. The molecule has 2 aromatic carbocycles. The average Bonchev–Trinajstić information content (AvgIpc) is 2.47. The van der Waals surface area contributed by atoms with Crippen LogP contribution in [0.25, 0.3) is 0 Å². The summed E-state index contributed by atoms with van der Waals surface area (Å²) in [5.74, 6) is 0.300. The minimum atomic E-state index is -0.295. The number of thioether (sulfide) groups is 1. The van der Waals surface area contributed by atoms with Gasteiger partial charge in [0.15, 0.2) is 0 Å². The van der Waals surface area contributed by atoms with Gasteiger partial charge in [-0.15, -0.1) is 11.8 Å². The summed E-state index contributed by atoms with van der Waals surface area (Å²) in [4.78, 5) is 12.7. The molecule has 1 amide bonds. The highest BCUT2D eigenvalue weighted by atomic mass is 35.5. The summed E-state index contributed by atoms with van der Waals surface area (Å²) in [5, 5.41) is 3.47. The molecule has 0 heterocycles. The van der Waals surface area contributed by atoms with E-state index in [-0.39, 0.29) is 11.7 Å². The molecule has 2 aromatic rings. The fourth-order valence-electron chi connectivity index (χ4n) is 1.75. The molecular weight excluding hydrogens is 309 g/mol. The molecule has 0 aliphatic rings. The number of benzene rings is 2. The first-order chi connectivity index (χ1) is 10.1. The van der Waals surface area contributed by atoms with E-state index in [0.29, 0.717) is 23.7 Å². The van der Waals surface area contributed by atoms with Crippen LogP contribution >= 0.6 is 23.4 Å². The number of hydrogen-bond donors (Lipinski definition) is 1. The Morgan fingerprint density at radius 2 is 2.00 bits per heavy atom. The highest BCUT2D eigenvalue weighted by molar-refractivity contribution is 7.99. The molecule has 21 heavy (non-hydrogen) atoms. The van der Waals surface area contributed by atoms with E-state index in [1.54, 1.807) is 23.9 Å². The van der Waals surface area contributed by atoms with E-state index < -0.39 is 0 Å². The first-order valence-electron chi connectivity index (χ1n) is 6.53. The molecule has 0 bridgehead atoms. The number of amides is 1. The van der Waals surface area contributed by atoms with Crippen LogP contribution in [0, 0.1) is 5.82 Å². The maximum atomic E-state index is 13.0. The average molecular weight is 324 g/mol. The molecule has 0 fully saturated rings. The van der Waals surface area contributed by atoms with Gasteiger partial charge in [-0.3, -0.25) is 4.79 Å². The zero-order valence-corrected chi connectivity index (χ0v) is 12.9. The Balaban J connectivity index is 1.72. The number of halogens is 2. The summed E-state index contributed by atoms with van der Waals surface area (Å²) in [6, 6.07) is 13.7. The summed E-state index contributed by atoms with van der Waals surface area (Å²) >= 11 is 7.59. The highest BCUT2D eigenvalue weighted by Crippen LogP contribution is 2.26. The standard InChI is InChI=1S/C16H15ClFNOS/c17-14-6-1-2-7-15(14)21-9-8-16(20)19-11-12-4-3-5-13(18)10-12/h1-7,10H,8-9,11H2,(H,19,20). The van der Waals surface area contributed by atoms with Gasteiger partial charge in [0.05, 0.1) is 5.02 Å². The van der Waals surface area contributed by atoms with Crippen molar-refractivity contribution in [3.05, 3.63) is 64.9 Å². The Morgan fingerprint density at radius 1 is 1.19 bits per heavy atom. The summed E-state index contributed by atoms with van der Waals surface area (Å²) < 4.78 is 13.0. The molecule has 0 aliphatic carbocycles. The van der Waals surface area contributed by atoms with Gasteiger partial charge in [0.1, 0.15) is 5.82 Å². The van der Waals surface area contributed by atoms with E-state index in [1.165, 1.54) is 12.1 Å². The number of hydrogen-bond acceptors (Lipinski definition) is 2. The molecule has 0 saturated heterocycles. The largest absolute Gasteiger partial charge is 0.352 e. The number of carbonyl (C=O) groups excluding carboxylic acids is 1. The van der Waals surface area contributed by atoms with E-state index in [1.807, 2.05) is 24.3 Å². The lowest BCUT2D eigenvalue weighted by Gasteiger charge is -2.06. The highest BCUT2D eigenvalue weighted by Gasteiger charge is 2.04. The SMILES string of the molecule is O=C(CCSc1ccccc1Cl)NCc1cccc(F)c1. The minimum Gasteiger partial charge on any atom is -0.352 e. The van der Waals surface area contributed by atoms with E-state index in [9.17, 15) is 9.18 Å². The predicted molar refractivity (Wildman–Crippen MR) is 85.0 cm³/mol. The molecule has 0 spiro atoms. The summed E-state index contributed by atoms with van der Waals surface area (Å²) in [6.45, 7) is 0.341. The van der Waals surface area contributed by atoms with Crippen LogP contribution in [0.1, 0.15) is 12.0 Å². The first-order valence-corrected chi connectivity index (χ1v) is 7.90. The Morgan fingerprint density at radius 3 is 2.76 bits per heavy atom. The van der Waals surface area contributed by atoms with Gasteiger partial charge < -0.3 is 5.32 Å². The molecule has 0 atom stereocenters. The third kappa shape index (κ3) is 5.40. The van der Waals surface area contributed by atoms with Gasteiger partial charge in [0, 0.05) is 23.6 Å². The molecule has 0 saturated carbocycles. The minimum absolute atomic E-state index is 0.0567. The van der Waals surface area contributed by atoms with Gasteiger partial charge in [-0.1, -0.05) is 35.9 Å². The molecule has 0 aromatic heterocycles. The van der Waals surface area contributed by atoms with Crippen LogP contribution in [-0.4, -0.2) is 11.7 Å². The van der Waals surface area contributed by atoms with Crippen LogP contribution in [0.5, 0.6) is 0 Å². The lowest BCUT2D eigenvalue weighted by molar-refractivity contribution is -0.120. The smallest absolute Gasteiger partial charge is 0.221 e. The molecule has 0 radical (unpaired) electrons. The van der Waals surface area contributed by atoms with Gasteiger partial charge in [-0.05, 0) is 29.8 Å². The summed E-state index contributed by atoms with van der Waals surface area (Å²) in [6.07, 6.45) is 0.394. The fourth-order valence-corrected chi connectivity index (χ4v) is 2.94. The molecule has 2 rings (SSSR count). The molecule has 1 N–H and O–H groups in total. The van der Waals surface area contributed by atoms with Crippen molar-refractivity contribution in [2.45, 2.75) is 17.9 Å². The van der Waals surface area contributed by atoms with Crippen LogP contribution in [0.15, 0.2) is 53.4 Å². The summed E-state index contributed by atoms with van der Waals surface area (Å²) in [5.41, 5.74) is 0.752. The number of rotatable bonds is 6. The molecule has 2 nitrogen and oxygen atoms in total. The Bertz CT molecular complexity index is 621. The molecular formula is C16H15ClFNOS. The number of nitrogens with one attached hydrogen (secondary N) is 1. The second-order valence-corrected chi connectivity index (χ2v) is 5.98. The molecule has 5 heteroatoms. The fraction of sp³-hybridized carbons (Fsp3) is 0.188. The summed E-state index contributed by atoms with van der Waals surface area (Å²) in [7, 11) is 0. The van der Waals surface area contributed by atoms with Crippen molar-refractivity contribution in [3.8, 4) is 0 Å². The van der Waals surface area contributed by atoms with Gasteiger partial charge in [0.2, 0.25) is 5.91 Å². The zero-order chi connectivity index (χ0) is 15.1. The van der Waals surface area contributed by atoms with Crippen molar-refractivity contribution in [1.29, 1.82) is 0 Å². The lowest BCUT2D eigenvalue weighted by atomic mass is 10.2. The normalized spacial score (nSPS) is 10.4. The van der Waals surface area contributed by atoms with E-state index in [0.717, 1.165) is 10.5 Å². The Labute approximate surface area is 132 Å². The third-order valence-electron chi connectivity index (χ3n) is 2.80. The van der Waals surface area contributed by atoms with Crippen LogP contribution in [0.2, 0.25) is 5.02 Å². The maximum Gasteiger partial charge on any atom is 0.221 e. The molecule has 0 unspecified atom stereocenters. The molecule has 0 aliphatic heterocycles. The van der Waals surface area contributed by atoms with Gasteiger partial charge in [-0.2, -0.15) is 0 Å².